The van der Waals surface area contributed by atoms with Gasteiger partial charge in [0.2, 0.25) is 0 Å². The second kappa shape index (κ2) is 5.54. The molecule has 4 N–H and O–H groups in total. The fourth-order valence-corrected chi connectivity index (χ4v) is 1.94. The highest BCUT2D eigenvalue weighted by Crippen LogP contribution is 2.40. The summed E-state index contributed by atoms with van der Waals surface area (Å²) in [6.07, 6.45) is 2.71. The van der Waals surface area contributed by atoms with Crippen molar-refractivity contribution in [1.29, 1.82) is 0 Å². The van der Waals surface area contributed by atoms with Gasteiger partial charge in [-0.1, -0.05) is 12.8 Å². The summed E-state index contributed by atoms with van der Waals surface area (Å²) in [6.45, 7) is 0. The van der Waals surface area contributed by atoms with Crippen molar-refractivity contribution in [2.45, 2.75) is 25.3 Å². The van der Waals surface area contributed by atoms with Crippen LogP contribution in [-0.2, 0) is 0 Å². The fourth-order valence-electron chi connectivity index (χ4n) is 1.94. The van der Waals surface area contributed by atoms with Crippen LogP contribution in [-0.4, -0.2) is 16.2 Å². The van der Waals surface area contributed by atoms with Crippen molar-refractivity contribution in [3.05, 3.63) is 29.1 Å². The number of carboxylic acid groups (broad SMARTS) is 1. The molecule has 0 unspecified atom stereocenters. The number of hydrogen-bond donors (Lipinski definition) is 3. The minimum atomic E-state index is -1.29. The Labute approximate surface area is 110 Å². The van der Waals surface area contributed by atoms with Crippen molar-refractivity contribution in [2.24, 2.45) is 11.7 Å². The lowest BCUT2D eigenvalue weighted by atomic mass is 9.98. The third kappa shape index (κ3) is 2.91. The molecule has 0 aromatic heterocycles. The van der Waals surface area contributed by atoms with Gasteiger partial charge in [0.1, 0.15) is 17.1 Å². The Balaban J connectivity index is 0.00000162. The second-order valence-electron chi connectivity index (χ2n) is 4.45. The summed E-state index contributed by atoms with van der Waals surface area (Å²) in [7, 11) is 0. The van der Waals surface area contributed by atoms with Gasteiger partial charge in [0.25, 0.3) is 0 Å². The molecule has 2 rings (SSSR count). The van der Waals surface area contributed by atoms with Gasteiger partial charge in [0.15, 0.2) is 0 Å². The SMILES string of the molecule is Cl.N[C@@H](CC1CC1)c1c(F)ccc(C(=O)O)c1O. The van der Waals surface area contributed by atoms with Gasteiger partial charge in [-0.3, -0.25) is 0 Å². The number of rotatable bonds is 4. The molecule has 1 aliphatic carbocycles. The maximum atomic E-state index is 13.6. The van der Waals surface area contributed by atoms with Crippen molar-refractivity contribution < 1.29 is 19.4 Å². The number of phenols is 1. The van der Waals surface area contributed by atoms with Crippen molar-refractivity contribution in [1.82, 2.24) is 0 Å². The number of benzene rings is 1. The average molecular weight is 276 g/mol. The minimum Gasteiger partial charge on any atom is -0.507 e. The van der Waals surface area contributed by atoms with Crippen LogP contribution in [0.25, 0.3) is 0 Å². The molecule has 0 radical (unpaired) electrons. The molecule has 6 heteroatoms. The molecule has 0 saturated heterocycles. The normalized spacial score (nSPS) is 15.9. The topological polar surface area (TPSA) is 83.6 Å². The molecule has 0 heterocycles. The first-order valence-electron chi connectivity index (χ1n) is 5.51. The van der Waals surface area contributed by atoms with Crippen LogP contribution in [0.4, 0.5) is 4.39 Å². The van der Waals surface area contributed by atoms with E-state index in [0.717, 1.165) is 25.0 Å². The zero-order valence-electron chi connectivity index (χ0n) is 9.60. The maximum Gasteiger partial charge on any atom is 0.339 e. The van der Waals surface area contributed by atoms with E-state index in [-0.39, 0.29) is 23.5 Å². The van der Waals surface area contributed by atoms with Crippen LogP contribution >= 0.6 is 12.4 Å². The molecule has 1 saturated carbocycles. The molecule has 0 aliphatic heterocycles. The molecule has 1 fully saturated rings. The number of nitrogens with two attached hydrogens (primary N) is 1. The lowest BCUT2D eigenvalue weighted by Crippen LogP contribution is -2.14. The van der Waals surface area contributed by atoms with E-state index in [1.165, 1.54) is 0 Å². The standard InChI is InChI=1S/C12H14FNO3.ClH/c13-8-4-3-7(12(16)17)11(15)10(8)9(14)5-6-1-2-6;/h3-4,6,9,15H,1-2,5,14H2,(H,16,17);1H/t9-;/m0./s1. The number of halogens is 2. The number of carbonyl (C=O) groups is 1. The Bertz CT molecular complexity index is 463. The van der Waals surface area contributed by atoms with Crippen LogP contribution in [0.15, 0.2) is 12.1 Å². The summed E-state index contributed by atoms with van der Waals surface area (Å²) >= 11 is 0. The Morgan fingerprint density at radius 2 is 2.11 bits per heavy atom. The summed E-state index contributed by atoms with van der Waals surface area (Å²) in [4.78, 5) is 10.8. The number of aromatic hydroxyl groups is 1. The smallest absolute Gasteiger partial charge is 0.339 e. The quantitative estimate of drug-likeness (QED) is 0.788. The lowest BCUT2D eigenvalue weighted by molar-refractivity contribution is 0.0693. The third-order valence-corrected chi connectivity index (χ3v) is 3.05. The zero-order chi connectivity index (χ0) is 12.6. The predicted molar refractivity (Wildman–Crippen MR) is 66.5 cm³/mol. The van der Waals surface area contributed by atoms with E-state index in [9.17, 15) is 14.3 Å². The van der Waals surface area contributed by atoms with E-state index in [1.54, 1.807) is 0 Å². The molecular formula is C12H15ClFNO3. The maximum absolute atomic E-state index is 13.6. The monoisotopic (exact) mass is 275 g/mol. The van der Waals surface area contributed by atoms with Gasteiger partial charge in [-0.25, -0.2) is 9.18 Å². The molecular weight excluding hydrogens is 261 g/mol. The van der Waals surface area contributed by atoms with Crippen LogP contribution in [0.3, 0.4) is 0 Å². The summed E-state index contributed by atoms with van der Waals surface area (Å²) in [5.74, 6) is -2.02. The van der Waals surface area contributed by atoms with E-state index < -0.39 is 23.6 Å². The minimum absolute atomic E-state index is 0. The summed E-state index contributed by atoms with van der Waals surface area (Å²) in [5, 5.41) is 18.6. The van der Waals surface area contributed by atoms with Crippen LogP contribution in [0.5, 0.6) is 5.75 Å². The molecule has 1 aromatic carbocycles. The van der Waals surface area contributed by atoms with Gasteiger partial charge in [0, 0.05) is 11.6 Å². The van der Waals surface area contributed by atoms with Crippen molar-refractivity contribution in [3.63, 3.8) is 0 Å². The molecule has 1 aliphatic rings. The predicted octanol–water partition coefficient (Wildman–Crippen LogP) is 2.45. The Kier molecular flexibility index (Phi) is 4.53. The van der Waals surface area contributed by atoms with Crippen LogP contribution in [0.2, 0.25) is 0 Å². The molecule has 4 nitrogen and oxygen atoms in total. The zero-order valence-corrected chi connectivity index (χ0v) is 10.4. The Morgan fingerprint density at radius 3 is 2.61 bits per heavy atom. The summed E-state index contributed by atoms with van der Waals surface area (Å²) in [6, 6.07) is 1.42. The summed E-state index contributed by atoms with van der Waals surface area (Å²) < 4.78 is 13.6. The van der Waals surface area contributed by atoms with Crippen LogP contribution in [0.1, 0.15) is 41.2 Å². The molecule has 1 atom stereocenters. The van der Waals surface area contributed by atoms with Crippen molar-refractivity contribution >= 4 is 18.4 Å². The molecule has 0 bridgehead atoms. The highest BCUT2D eigenvalue weighted by molar-refractivity contribution is 5.91. The van der Waals surface area contributed by atoms with E-state index in [4.69, 9.17) is 10.8 Å². The lowest BCUT2D eigenvalue weighted by Gasteiger charge is -2.15. The molecule has 0 spiro atoms. The Hall–Kier alpha value is -1.33. The number of hydrogen-bond acceptors (Lipinski definition) is 3. The van der Waals surface area contributed by atoms with Gasteiger partial charge in [-0.05, 0) is 24.5 Å². The summed E-state index contributed by atoms with van der Waals surface area (Å²) in [5.41, 5.74) is 5.42. The average Bonchev–Trinajstić information content (AvgIpc) is 3.00. The van der Waals surface area contributed by atoms with Crippen molar-refractivity contribution in [2.75, 3.05) is 0 Å². The van der Waals surface area contributed by atoms with E-state index >= 15 is 0 Å². The van der Waals surface area contributed by atoms with Crippen LogP contribution in [0, 0.1) is 11.7 Å². The van der Waals surface area contributed by atoms with Gasteiger partial charge in [-0.2, -0.15) is 0 Å². The first-order chi connectivity index (χ1) is 8.00. The van der Waals surface area contributed by atoms with E-state index in [0.29, 0.717) is 12.3 Å². The van der Waals surface area contributed by atoms with Gasteiger partial charge in [-0.15, -0.1) is 12.4 Å². The fraction of sp³-hybridized carbons (Fsp3) is 0.417. The van der Waals surface area contributed by atoms with Gasteiger partial charge < -0.3 is 15.9 Å². The third-order valence-electron chi connectivity index (χ3n) is 3.05. The molecule has 18 heavy (non-hydrogen) atoms. The van der Waals surface area contributed by atoms with E-state index in [2.05, 4.69) is 0 Å². The Morgan fingerprint density at radius 1 is 1.50 bits per heavy atom. The van der Waals surface area contributed by atoms with Gasteiger partial charge in [0.05, 0.1) is 0 Å². The van der Waals surface area contributed by atoms with Crippen LogP contribution < -0.4 is 5.73 Å². The molecule has 100 valence electrons. The van der Waals surface area contributed by atoms with Crippen molar-refractivity contribution in [3.8, 4) is 5.75 Å². The molecule has 1 aromatic rings. The first-order valence-corrected chi connectivity index (χ1v) is 5.51. The van der Waals surface area contributed by atoms with Gasteiger partial charge >= 0.3 is 5.97 Å². The number of aromatic carboxylic acids is 1. The van der Waals surface area contributed by atoms with E-state index in [1.807, 2.05) is 0 Å². The highest BCUT2D eigenvalue weighted by Gasteiger charge is 2.28. The molecule has 0 amide bonds. The first kappa shape index (κ1) is 14.7. The largest absolute Gasteiger partial charge is 0.507 e. The number of carboxylic acids is 1. The highest BCUT2D eigenvalue weighted by atomic mass is 35.5. The second-order valence-corrected chi connectivity index (χ2v) is 4.45.